The van der Waals surface area contributed by atoms with E-state index in [9.17, 15) is 34.8 Å². The van der Waals surface area contributed by atoms with Gasteiger partial charge in [-0.05, 0) is 30.7 Å². The van der Waals surface area contributed by atoms with E-state index in [1.807, 2.05) is 0 Å². The number of nitrogens with one attached hydrogen (secondary N) is 1. The molecular formula is C12H11F6NO2S. The smallest absolute Gasteiger partial charge is 0.315 e. The highest BCUT2D eigenvalue weighted by molar-refractivity contribution is 7.92. The third kappa shape index (κ3) is 2.58. The van der Waals surface area contributed by atoms with E-state index in [1.54, 1.807) is 0 Å². The molecule has 22 heavy (non-hydrogen) atoms. The molecule has 0 aliphatic carbocycles. The Morgan fingerprint density at radius 2 is 1.73 bits per heavy atom. The SMILES string of the molecule is O=S(=O)(c1cccc([C@@]2(C(F)(F)F)CCNC2)c1)C(F)(F)F. The molecule has 2 rings (SSSR count). The van der Waals surface area contributed by atoms with E-state index in [0.29, 0.717) is 12.1 Å². The predicted octanol–water partition coefficient (Wildman–Crippen LogP) is 2.77. The molecule has 1 aliphatic rings. The fraction of sp³-hybridized carbons (Fsp3) is 0.500. The van der Waals surface area contributed by atoms with Crippen LogP contribution in [-0.2, 0) is 15.3 Å². The normalized spacial score (nSPS) is 23.7. The molecule has 0 radical (unpaired) electrons. The lowest BCUT2D eigenvalue weighted by atomic mass is 9.79. The summed E-state index contributed by atoms with van der Waals surface area (Å²) in [7, 11) is -5.69. The van der Waals surface area contributed by atoms with Crippen LogP contribution >= 0.6 is 0 Å². The average Bonchev–Trinajstić information content (AvgIpc) is 2.87. The van der Waals surface area contributed by atoms with Crippen LogP contribution in [0.2, 0.25) is 0 Å². The zero-order valence-corrected chi connectivity index (χ0v) is 11.7. The fourth-order valence-electron chi connectivity index (χ4n) is 2.44. The fourth-order valence-corrected chi connectivity index (χ4v) is 3.25. The molecule has 0 saturated carbocycles. The van der Waals surface area contributed by atoms with Gasteiger partial charge in [0.05, 0.1) is 4.90 Å². The standard InChI is InChI=1S/C12H11F6NO2S/c13-11(14,15)10(4-5-19-7-10)8-2-1-3-9(6-8)22(20,21)12(16,17)18/h1-3,6,19H,4-5,7H2/t10-/m1/s1. The third-order valence-electron chi connectivity index (χ3n) is 3.70. The highest BCUT2D eigenvalue weighted by atomic mass is 32.2. The number of rotatable bonds is 2. The van der Waals surface area contributed by atoms with Gasteiger partial charge in [0.25, 0.3) is 9.84 Å². The molecule has 1 fully saturated rings. The average molecular weight is 347 g/mol. The Labute approximate surface area is 122 Å². The Morgan fingerprint density at radius 1 is 1.09 bits per heavy atom. The highest BCUT2D eigenvalue weighted by Gasteiger charge is 2.57. The molecule has 1 atom stereocenters. The van der Waals surface area contributed by atoms with Crippen molar-refractivity contribution < 1.29 is 34.8 Å². The second-order valence-corrected chi connectivity index (χ2v) is 6.92. The van der Waals surface area contributed by atoms with Crippen LogP contribution in [0.3, 0.4) is 0 Å². The summed E-state index contributed by atoms with van der Waals surface area (Å²) in [6.45, 7) is -0.470. The molecule has 10 heteroatoms. The third-order valence-corrected chi connectivity index (χ3v) is 5.18. The molecule has 0 unspecified atom stereocenters. The second kappa shape index (κ2) is 5.12. The van der Waals surface area contributed by atoms with Crippen molar-refractivity contribution in [3.05, 3.63) is 29.8 Å². The first kappa shape index (κ1) is 17.1. The molecule has 124 valence electrons. The molecule has 1 N–H and O–H groups in total. The number of halogens is 6. The predicted molar refractivity (Wildman–Crippen MR) is 64.9 cm³/mol. The number of hydrogen-bond donors (Lipinski definition) is 1. The lowest BCUT2D eigenvalue weighted by Gasteiger charge is -2.31. The molecule has 1 heterocycles. The van der Waals surface area contributed by atoms with Crippen molar-refractivity contribution >= 4 is 9.84 Å². The van der Waals surface area contributed by atoms with E-state index in [1.165, 1.54) is 0 Å². The first-order valence-corrected chi connectivity index (χ1v) is 7.59. The number of sulfone groups is 1. The van der Waals surface area contributed by atoms with Gasteiger partial charge in [0.15, 0.2) is 0 Å². The summed E-state index contributed by atoms with van der Waals surface area (Å²) < 4.78 is 100. The zero-order chi connectivity index (χ0) is 16.8. The van der Waals surface area contributed by atoms with Crippen LogP contribution in [0.15, 0.2) is 29.2 Å². The van der Waals surface area contributed by atoms with Crippen LogP contribution in [0.4, 0.5) is 26.3 Å². The Kier molecular flexibility index (Phi) is 3.97. The van der Waals surface area contributed by atoms with E-state index in [2.05, 4.69) is 5.32 Å². The summed E-state index contributed by atoms with van der Waals surface area (Å²) in [5.74, 6) is 0. The number of benzene rings is 1. The van der Waals surface area contributed by atoms with E-state index in [0.717, 1.165) is 12.1 Å². The minimum Gasteiger partial charge on any atom is -0.315 e. The number of hydrogen-bond acceptors (Lipinski definition) is 3. The van der Waals surface area contributed by atoms with Crippen LogP contribution in [0, 0.1) is 0 Å². The molecule has 0 bridgehead atoms. The molecule has 1 aliphatic heterocycles. The lowest BCUT2D eigenvalue weighted by molar-refractivity contribution is -0.185. The monoisotopic (exact) mass is 347 g/mol. The maximum absolute atomic E-state index is 13.4. The van der Waals surface area contributed by atoms with Gasteiger partial charge in [0.1, 0.15) is 5.41 Å². The van der Waals surface area contributed by atoms with Gasteiger partial charge >= 0.3 is 11.7 Å². The Balaban J connectivity index is 2.58. The van der Waals surface area contributed by atoms with Gasteiger partial charge in [-0.25, -0.2) is 8.42 Å². The van der Waals surface area contributed by atoms with Crippen molar-refractivity contribution in [1.82, 2.24) is 5.32 Å². The van der Waals surface area contributed by atoms with Crippen molar-refractivity contribution in [2.75, 3.05) is 13.1 Å². The van der Waals surface area contributed by atoms with Gasteiger partial charge in [-0.2, -0.15) is 26.3 Å². The van der Waals surface area contributed by atoms with E-state index in [4.69, 9.17) is 0 Å². The Bertz CT molecular complexity index is 659. The van der Waals surface area contributed by atoms with Gasteiger partial charge in [0, 0.05) is 6.54 Å². The van der Waals surface area contributed by atoms with Crippen molar-refractivity contribution in [2.45, 2.75) is 28.4 Å². The Hall–Kier alpha value is -1.29. The van der Waals surface area contributed by atoms with E-state index >= 15 is 0 Å². The summed E-state index contributed by atoms with van der Waals surface area (Å²) >= 11 is 0. The molecule has 1 aromatic carbocycles. The molecule has 3 nitrogen and oxygen atoms in total. The van der Waals surface area contributed by atoms with Crippen LogP contribution in [0.5, 0.6) is 0 Å². The molecule has 0 amide bonds. The van der Waals surface area contributed by atoms with E-state index < -0.39 is 43.9 Å². The van der Waals surface area contributed by atoms with Crippen LogP contribution in [0.25, 0.3) is 0 Å². The topological polar surface area (TPSA) is 46.2 Å². The molecule has 1 saturated heterocycles. The highest BCUT2D eigenvalue weighted by Crippen LogP contribution is 2.46. The summed E-state index contributed by atoms with van der Waals surface area (Å²) in [5.41, 5.74) is -8.44. The Morgan fingerprint density at radius 3 is 2.18 bits per heavy atom. The van der Waals surface area contributed by atoms with Gasteiger partial charge in [0.2, 0.25) is 0 Å². The summed E-state index contributed by atoms with van der Waals surface area (Å²) in [6, 6.07) is 2.98. The van der Waals surface area contributed by atoms with E-state index in [-0.39, 0.29) is 13.0 Å². The first-order valence-electron chi connectivity index (χ1n) is 6.11. The van der Waals surface area contributed by atoms with Crippen LogP contribution in [0.1, 0.15) is 12.0 Å². The van der Waals surface area contributed by atoms with Crippen molar-refractivity contribution in [2.24, 2.45) is 0 Å². The summed E-state index contributed by atoms with van der Waals surface area (Å²) in [4.78, 5) is -1.19. The maximum atomic E-state index is 13.4. The number of alkyl halides is 6. The quantitative estimate of drug-likeness (QED) is 0.837. The first-order chi connectivity index (χ1) is 9.92. The zero-order valence-electron chi connectivity index (χ0n) is 10.9. The van der Waals surface area contributed by atoms with Crippen molar-refractivity contribution in [3.8, 4) is 0 Å². The van der Waals surface area contributed by atoms with Gasteiger partial charge in [-0.15, -0.1) is 0 Å². The van der Waals surface area contributed by atoms with Gasteiger partial charge < -0.3 is 5.32 Å². The molecular weight excluding hydrogens is 336 g/mol. The van der Waals surface area contributed by atoms with Gasteiger partial charge in [-0.3, -0.25) is 0 Å². The molecule has 0 aromatic heterocycles. The maximum Gasteiger partial charge on any atom is 0.501 e. The minimum atomic E-state index is -5.69. The molecule has 0 spiro atoms. The largest absolute Gasteiger partial charge is 0.501 e. The van der Waals surface area contributed by atoms with Crippen LogP contribution in [-0.4, -0.2) is 33.2 Å². The van der Waals surface area contributed by atoms with Crippen molar-refractivity contribution in [1.29, 1.82) is 0 Å². The van der Waals surface area contributed by atoms with Crippen molar-refractivity contribution in [3.63, 3.8) is 0 Å². The summed E-state index contributed by atoms with van der Waals surface area (Å²) in [5, 5.41) is 2.51. The van der Waals surface area contributed by atoms with Crippen LogP contribution < -0.4 is 5.32 Å². The lowest BCUT2D eigenvalue weighted by Crippen LogP contribution is -2.44. The minimum absolute atomic E-state index is 0.0375. The second-order valence-electron chi connectivity index (χ2n) is 4.98. The molecule has 1 aromatic rings. The summed E-state index contributed by atoms with van der Waals surface area (Å²) in [6.07, 6.45) is -5.08. The van der Waals surface area contributed by atoms with Gasteiger partial charge in [-0.1, -0.05) is 12.1 Å².